The van der Waals surface area contributed by atoms with Crippen LogP contribution in [-0.4, -0.2) is 19.7 Å². The Bertz CT molecular complexity index is 734. The van der Waals surface area contributed by atoms with Crippen LogP contribution in [0.25, 0.3) is 0 Å². The SMILES string of the molecule is CCCCc1ccc(C#Cc2ccc(OCCCC(=O)OC)cc2)cc1. The molecule has 0 bridgehead atoms. The number of carbonyl (C=O) groups is 1. The second-order valence-electron chi connectivity index (χ2n) is 6.10. The number of methoxy groups -OCH3 is 1. The summed E-state index contributed by atoms with van der Waals surface area (Å²) >= 11 is 0. The zero-order valence-corrected chi connectivity index (χ0v) is 15.6. The molecule has 0 unspecified atom stereocenters. The summed E-state index contributed by atoms with van der Waals surface area (Å²) < 4.78 is 10.2. The lowest BCUT2D eigenvalue weighted by molar-refractivity contribution is -0.140. The number of benzene rings is 2. The summed E-state index contributed by atoms with van der Waals surface area (Å²) in [5.41, 5.74) is 3.33. The van der Waals surface area contributed by atoms with Gasteiger partial charge < -0.3 is 9.47 Å². The number of carbonyl (C=O) groups excluding carboxylic acids is 1. The van der Waals surface area contributed by atoms with Crippen molar-refractivity contribution < 1.29 is 14.3 Å². The average molecular weight is 350 g/mol. The normalized spacial score (nSPS) is 9.92. The molecule has 2 aromatic carbocycles. The molecule has 0 spiro atoms. The van der Waals surface area contributed by atoms with Crippen LogP contribution in [0.2, 0.25) is 0 Å². The maximum Gasteiger partial charge on any atom is 0.305 e. The molecular weight excluding hydrogens is 324 g/mol. The molecule has 3 heteroatoms. The van der Waals surface area contributed by atoms with Gasteiger partial charge in [-0.05, 0) is 61.2 Å². The first-order valence-electron chi connectivity index (χ1n) is 9.12. The third-order valence-corrected chi connectivity index (χ3v) is 4.00. The van der Waals surface area contributed by atoms with Crippen molar-refractivity contribution in [3.63, 3.8) is 0 Å². The fourth-order valence-corrected chi connectivity index (χ4v) is 2.42. The Balaban J connectivity index is 1.83. The molecule has 0 N–H and O–H groups in total. The van der Waals surface area contributed by atoms with E-state index in [-0.39, 0.29) is 5.97 Å². The van der Waals surface area contributed by atoms with Gasteiger partial charge >= 0.3 is 5.97 Å². The molecule has 2 rings (SSSR count). The van der Waals surface area contributed by atoms with Crippen LogP contribution in [0.15, 0.2) is 48.5 Å². The van der Waals surface area contributed by atoms with Crippen molar-refractivity contribution in [1.82, 2.24) is 0 Å². The zero-order chi connectivity index (χ0) is 18.6. The largest absolute Gasteiger partial charge is 0.494 e. The van der Waals surface area contributed by atoms with Crippen molar-refractivity contribution >= 4 is 5.97 Å². The second kappa shape index (κ2) is 11.0. The molecule has 0 radical (unpaired) electrons. The first kappa shape index (κ1) is 19.6. The molecule has 2 aromatic rings. The van der Waals surface area contributed by atoms with Crippen LogP contribution in [0, 0.1) is 11.8 Å². The molecule has 0 aliphatic rings. The minimum atomic E-state index is -0.211. The minimum Gasteiger partial charge on any atom is -0.494 e. The van der Waals surface area contributed by atoms with Crippen LogP contribution in [0.4, 0.5) is 0 Å². The first-order chi connectivity index (χ1) is 12.7. The van der Waals surface area contributed by atoms with Gasteiger partial charge in [0.15, 0.2) is 0 Å². The number of rotatable bonds is 8. The summed E-state index contributed by atoms with van der Waals surface area (Å²) in [6.45, 7) is 2.70. The predicted molar refractivity (Wildman–Crippen MR) is 104 cm³/mol. The summed E-state index contributed by atoms with van der Waals surface area (Å²) in [5, 5.41) is 0. The summed E-state index contributed by atoms with van der Waals surface area (Å²) in [7, 11) is 1.39. The van der Waals surface area contributed by atoms with E-state index in [4.69, 9.17) is 4.74 Å². The Morgan fingerprint density at radius 2 is 1.54 bits per heavy atom. The highest BCUT2D eigenvalue weighted by Gasteiger charge is 2.00. The first-order valence-corrected chi connectivity index (χ1v) is 9.12. The Morgan fingerprint density at radius 1 is 0.923 bits per heavy atom. The molecule has 0 aliphatic heterocycles. The highest BCUT2D eigenvalue weighted by atomic mass is 16.5. The lowest BCUT2D eigenvalue weighted by atomic mass is 10.1. The maximum absolute atomic E-state index is 11.0. The lowest BCUT2D eigenvalue weighted by Crippen LogP contribution is -2.04. The molecule has 0 aliphatic carbocycles. The number of hydrogen-bond donors (Lipinski definition) is 0. The zero-order valence-electron chi connectivity index (χ0n) is 15.6. The average Bonchev–Trinajstić information content (AvgIpc) is 2.69. The van der Waals surface area contributed by atoms with Crippen molar-refractivity contribution in [3.05, 3.63) is 65.2 Å². The third-order valence-electron chi connectivity index (χ3n) is 4.00. The quantitative estimate of drug-likeness (QED) is 0.391. The van der Waals surface area contributed by atoms with Gasteiger partial charge in [0, 0.05) is 17.5 Å². The topological polar surface area (TPSA) is 35.5 Å². The molecule has 0 atom stereocenters. The van der Waals surface area contributed by atoms with Gasteiger partial charge in [0.1, 0.15) is 5.75 Å². The van der Waals surface area contributed by atoms with E-state index in [2.05, 4.69) is 47.8 Å². The summed E-state index contributed by atoms with van der Waals surface area (Å²) in [4.78, 5) is 11.0. The molecule has 26 heavy (non-hydrogen) atoms. The van der Waals surface area contributed by atoms with Gasteiger partial charge in [-0.1, -0.05) is 37.3 Å². The van der Waals surface area contributed by atoms with Gasteiger partial charge in [0.2, 0.25) is 0 Å². The van der Waals surface area contributed by atoms with Gasteiger partial charge in [-0.2, -0.15) is 0 Å². The van der Waals surface area contributed by atoms with E-state index in [0.717, 1.165) is 23.3 Å². The standard InChI is InChI=1S/C23H26O3/c1-3-4-6-19-8-10-20(11-9-19)12-13-21-14-16-22(17-15-21)26-18-5-7-23(24)25-2/h8-11,14-17H,3-7,18H2,1-2H3. The van der Waals surface area contributed by atoms with E-state index in [1.165, 1.54) is 25.5 Å². The fraction of sp³-hybridized carbons (Fsp3) is 0.348. The molecular formula is C23H26O3. The second-order valence-corrected chi connectivity index (χ2v) is 6.10. The predicted octanol–water partition coefficient (Wildman–Crippen LogP) is 4.76. The molecule has 0 aromatic heterocycles. The monoisotopic (exact) mass is 350 g/mol. The van der Waals surface area contributed by atoms with Gasteiger partial charge in [0.05, 0.1) is 13.7 Å². The molecule has 136 valence electrons. The lowest BCUT2D eigenvalue weighted by Gasteiger charge is -2.05. The Labute approximate surface area is 156 Å². The molecule has 0 heterocycles. The Kier molecular flexibility index (Phi) is 8.29. The molecule has 0 saturated heterocycles. The van der Waals surface area contributed by atoms with E-state index in [1.807, 2.05) is 24.3 Å². The van der Waals surface area contributed by atoms with Gasteiger partial charge in [-0.3, -0.25) is 4.79 Å². The van der Waals surface area contributed by atoms with Crippen molar-refractivity contribution in [2.75, 3.05) is 13.7 Å². The van der Waals surface area contributed by atoms with Gasteiger partial charge in [-0.15, -0.1) is 0 Å². The Morgan fingerprint density at radius 3 is 2.12 bits per heavy atom. The minimum absolute atomic E-state index is 0.211. The number of ether oxygens (including phenoxy) is 2. The molecule has 3 nitrogen and oxygen atoms in total. The van der Waals surface area contributed by atoms with E-state index >= 15 is 0 Å². The van der Waals surface area contributed by atoms with E-state index in [1.54, 1.807) is 0 Å². The van der Waals surface area contributed by atoms with Crippen molar-refractivity contribution in [3.8, 4) is 17.6 Å². The van der Waals surface area contributed by atoms with E-state index in [9.17, 15) is 4.79 Å². The summed E-state index contributed by atoms with van der Waals surface area (Å²) in [6.07, 6.45) is 4.58. The van der Waals surface area contributed by atoms with Crippen molar-refractivity contribution in [2.45, 2.75) is 39.0 Å². The van der Waals surface area contributed by atoms with Crippen LogP contribution in [-0.2, 0) is 16.0 Å². The molecule has 0 amide bonds. The smallest absolute Gasteiger partial charge is 0.305 e. The molecule has 0 saturated carbocycles. The van der Waals surface area contributed by atoms with Crippen molar-refractivity contribution in [2.24, 2.45) is 0 Å². The number of esters is 1. The summed E-state index contributed by atoms with van der Waals surface area (Å²) in [6, 6.07) is 16.2. The van der Waals surface area contributed by atoms with Crippen LogP contribution < -0.4 is 4.74 Å². The van der Waals surface area contributed by atoms with Gasteiger partial charge in [-0.25, -0.2) is 0 Å². The highest BCUT2D eigenvalue weighted by molar-refractivity contribution is 5.69. The van der Waals surface area contributed by atoms with Crippen LogP contribution in [0.5, 0.6) is 5.75 Å². The number of unbranched alkanes of at least 4 members (excludes halogenated alkanes) is 1. The highest BCUT2D eigenvalue weighted by Crippen LogP contribution is 2.13. The van der Waals surface area contributed by atoms with Crippen LogP contribution in [0.3, 0.4) is 0 Å². The number of aryl methyl sites for hydroxylation is 1. The van der Waals surface area contributed by atoms with Crippen LogP contribution in [0.1, 0.15) is 49.3 Å². The maximum atomic E-state index is 11.0. The van der Waals surface area contributed by atoms with E-state index < -0.39 is 0 Å². The van der Waals surface area contributed by atoms with Crippen molar-refractivity contribution in [1.29, 1.82) is 0 Å². The Hall–Kier alpha value is -2.73. The van der Waals surface area contributed by atoms with Crippen LogP contribution >= 0.6 is 0 Å². The fourth-order valence-electron chi connectivity index (χ4n) is 2.42. The van der Waals surface area contributed by atoms with Gasteiger partial charge in [0.25, 0.3) is 0 Å². The van der Waals surface area contributed by atoms with E-state index in [0.29, 0.717) is 19.4 Å². The molecule has 0 fully saturated rings. The summed E-state index contributed by atoms with van der Waals surface area (Å²) in [5.74, 6) is 6.93. The third kappa shape index (κ3) is 7.03. The number of hydrogen-bond acceptors (Lipinski definition) is 3.